The van der Waals surface area contributed by atoms with Crippen LogP contribution in [0.3, 0.4) is 0 Å². The third-order valence-corrected chi connectivity index (χ3v) is 4.00. The van der Waals surface area contributed by atoms with E-state index in [2.05, 4.69) is 5.32 Å². The van der Waals surface area contributed by atoms with Crippen molar-refractivity contribution >= 4 is 28.9 Å². The summed E-state index contributed by atoms with van der Waals surface area (Å²) >= 11 is 0. The summed E-state index contributed by atoms with van der Waals surface area (Å²) in [7, 11) is 1.40. The van der Waals surface area contributed by atoms with E-state index in [0.717, 1.165) is 5.56 Å². The number of esters is 1. The van der Waals surface area contributed by atoms with E-state index < -0.39 is 16.8 Å². The molecule has 0 unspecified atom stereocenters. The fraction of sp³-hybridized carbons (Fsp3) is 0.222. The minimum atomic E-state index is -0.561. The molecule has 0 bridgehead atoms. The number of rotatable bonds is 5. The van der Waals surface area contributed by atoms with Gasteiger partial charge in [-0.25, -0.2) is 4.79 Å². The summed E-state index contributed by atoms with van der Waals surface area (Å²) in [4.78, 5) is 36.3. The zero-order valence-electron chi connectivity index (χ0n) is 14.7. The highest BCUT2D eigenvalue weighted by Crippen LogP contribution is 2.33. The van der Waals surface area contributed by atoms with E-state index in [0.29, 0.717) is 17.2 Å². The Hall–Kier alpha value is -3.62. The predicted molar refractivity (Wildman–Crippen MR) is 97.3 cm³/mol. The van der Waals surface area contributed by atoms with Gasteiger partial charge in [0, 0.05) is 12.1 Å². The molecular formula is C18H17N3O6. The number of aryl methyl sites for hydroxylation is 1. The van der Waals surface area contributed by atoms with Gasteiger partial charge in [0.1, 0.15) is 12.3 Å². The monoisotopic (exact) mass is 371 g/mol. The van der Waals surface area contributed by atoms with Crippen LogP contribution in [-0.4, -0.2) is 37.0 Å². The Kier molecular flexibility index (Phi) is 4.93. The van der Waals surface area contributed by atoms with Gasteiger partial charge >= 0.3 is 5.97 Å². The second-order valence-corrected chi connectivity index (χ2v) is 5.99. The maximum atomic E-state index is 12.5. The first-order chi connectivity index (χ1) is 12.9. The SMILES string of the molecule is COc1ccc([N+](=O)[O-])cc1NC(=O)CN1CC(=O)Oc2ccc(C)cc21. The summed E-state index contributed by atoms with van der Waals surface area (Å²) < 4.78 is 10.3. The standard InChI is InChI=1S/C18H17N3O6/c1-11-3-5-16-14(7-11)20(10-18(23)27-16)9-17(22)19-13-8-12(21(24)25)4-6-15(13)26-2/h3-8H,9-10H2,1-2H3,(H,19,22). The number of non-ortho nitro benzene ring substituents is 1. The second kappa shape index (κ2) is 7.32. The second-order valence-electron chi connectivity index (χ2n) is 5.99. The Balaban J connectivity index is 1.81. The van der Waals surface area contributed by atoms with E-state index in [4.69, 9.17) is 9.47 Å². The van der Waals surface area contributed by atoms with Crippen LogP contribution >= 0.6 is 0 Å². The number of anilines is 2. The van der Waals surface area contributed by atoms with Crippen LogP contribution in [0.5, 0.6) is 11.5 Å². The van der Waals surface area contributed by atoms with E-state index in [1.165, 1.54) is 25.3 Å². The normalized spacial score (nSPS) is 12.8. The van der Waals surface area contributed by atoms with Crippen molar-refractivity contribution in [2.45, 2.75) is 6.92 Å². The van der Waals surface area contributed by atoms with Crippen LogP contribution in [0.2, 0.25) is 0 Å². The number of nitro benzene ring substituents is 1. The van der Waals surface area contributed by atoms with Crippen LogP contribution in [0.15, 0.2) is 36.4 Å². The molecule has 0 aromatic heterocycles. The van der Waals surface area contributed by atoms with Gasteiger partial charge in [-0.3, -0.25) is 14.9 Å². The Labute approximate surface area is 154 Å². The number of nitrogens with one attached hydrogen (secondary N) is 1. The van der Waals surface area contributed by atoms with Gasteiger partial charge in [-0.2, -0.15) is 0 Å². The number of fused-ring (bicyclic) bond motifs is 1. The molecule has 27 heavy (non-hydrogen) atoms. The lowest BCUT2D eigenvalue weighted by Crippen LogP contribution is -2.41. The lowest BCUT2D eigenvalue weighted by atomic mass is 10.1. The van der Waals surface area contributed by atoms with E-state index in [-0.39, 0.29) is 24.5 Å². The Morgan fingerprint density at radius 1 is 1.33 bits per heavy atom. The molecule has 1 heterocycles. The molecule has 9 heteroatoms. The van der Waals surface area contributed by atoms with Crippen molar-refractivity contribution in [2.75, 3.05) is 30.4 Å². The van der Waals surface area contributed by atoms with Gasteiger partial charge in [-0.1, -0.05) is 6.07 Å². The van der Waals surface area contributed by atoms with Crippen LogP contribution < -0.4 is 19.7 Å². The minimum absolute atomic E-state index is 0.0735. The highest BCUT2D eigenvalue weighted by atomic mass is 16.6. The molecule has 1 aliphatic heterocycles. The molecule has 2 aromatic carbocycles. The molecule has 0 saturated heterocycles. The number of hydrogen-bond acceptors (Lipinski definition) is 7. The molecule has 0 aliphatic carbocycles. The largest absolute Gasteiger partial charge is 0.495 e. The molecule has 0 spiro atoms. The topological polar surface area (TPSA) is 111 Å². The van der Waals surface area contributed by atoms with Crippen molar-refractivity contribution in [1.82, 2.24) is 0 Å². The molecule has 0 saturated carbocycles. The van der Waals surface area contributed by atoms with Gasteiger partial charge in [-0.05, 0) is 30.7 Å². The van der Waals surface area contributed by atoms with E-state index in [1.54, 1.807) is 11.0 Å². The number of nitrogens with zero attached hydrogens (tertiary/aromatic N) is 2. The van der Waals surface area contributed by atoms with E-state index in [1.807, 2.05) is 19.1 Å². The number of carbonyl (C=O) groups excluding carboxylic acids is 2. The Bertz CT molecular complexity index is 927. The summed E-state index contributed by atoms with van der Waals surface area (Å²) in [5.41, 5.74) is 1.60. The summed E-state index contributed by atoms with van der Waals surface area (Å²) in [6, 6.07) is 9.22. The van der Waals surface area contributed by atoms with Gasteiger partial charge in [0.25, 0.3) is 5.69 Å². The number of benzene rings is 2. The lowest BCUT2D eigenvalue weighted by molar-refractivity contribution is -0.384. The first-order valence-electron chi connectivity index (χ1n) is 8.06. The smallest absolute Gasteiger partial charge is 0.331 e. The van der Waals surface area contributed by atoms with Gasteiger partial charge in [0.15, 0.2) is 5.75 Å². The van der Waals surface area contributed by atoms with Gasteiger partial charge in [0.05, 0.1) is 30.0 Å². The zero-order chi connectivity index (χ0) is 19.6. The molecule has 0 atom stereocenters. The van der Waals surface area contributed by atoms with Gasteiger partial charge in [0.2, 0.25) is 5.91 Å². The van der Waals surface area contributed by atoms with Crippen molar-refractivity contribution in [2.24, 2.45) is 0 Å². The van der Waals surface area contributed by atoms with Crippen LogP contribution in [0.1, 0.15) is 5.56 Å². The molecule has 9 nitrogen and oxygen atoms in total. The number of nitro groups is 1. The maximum Gasteiger partial charge on any atom is 0.331 e. The average molecular weight is 371 g/mol. The van der Waals surface area contributed by atoms with Crippen LogP contribution in [0, 0.1) is 17.0 Å². The van der Waals surface area contributed by atoms with Crippen LogP contribution in [0.25, 0.3) is 0 Å². The highest BCUT2D eigenvalue weighted by molar-refractivity contribution is 5.97. The first-order valence-corrected chi connectivity index (χ1v) is 8.06. The van der Waals surface area contributed by atoms with Gasteiger partial charge < -0.3 is 19.7 Å². The summed E-state index contributed by atoms with van der Waals surface area (Å²) in [6.45, 7) is 1.69. The number of carbonyl (C=O) groups is 2. The summed E-state index contributed by atoms with van der Waals surface area (Å²) in [5, 5.41) is 13.6. The average Bonchev–Trinajstić information content (AvgIpc) is 2.62. The maximum absolute atomic E-state index is 12.5. The molecule has 1 aliphatic rings. The molecule has 140 valence electrons. The quantitative estimate of drug-likeness (QED) is 0.371. The molecule has 1 N–H and O–H groups in total. The highest BCUT2D eigenvalue weighted by Gasteiger charge is 2.26. The van der Waals surface area contributed by atoms with Crippen molar-refractivity contribution in [1.29, 1.82) is 0 Å². The molecule has 1 amide bonds. The summed E-state index contributed by atoms with van der Waals surface area (Å²) in [6.07, 6.45) is 0. The fourth-order valence-corrected chi connectivity index (χ4v) is 2.77. The molecule has 0 radical (unpaired) electrons. The van der Waals surface area contributed by atoms with E-state index >= 15 is 0 Å². The Morgan fingerprint density at radius 2 is 2.11 bits per heavy atom. The fourth-order valence-electron chi connectivity index (χ4n) is 2.77. The number of hydrogen-bond donors (Lipinski definition) is 1. The van der Waals surface area contributed by atoms with Crippen molar-refractivity contribution in [3.63, 3.8) is 0 Å². The first kappa shape index (κ1) is 18.2. The van der Waals surface area contributed by atoms with Crippen LogP contribution in [-0.2, 0) is 9.59 Å². The third-order valence-electron chi connectivity index (χ3n) is 4.00. The minimum Gasteiger partial charge on any atom is -0.495 e. The summed E-state index contributed by atoms with van der Waals surface area (Å²) in [5.74, 6) is -0.233. The molecule has 2 aromatic rings. The third kappa shape index (κ3) is 3.97. The molecular weight excluding hydrogens is 354 g/mol. The molecule has 3 rings (SSSR count). The number of amides is 1. The number of methoxy groups -OCH3 is 1. The van der Waals surface area contributed by atoms with E-state index in [9.17, 15) is 19.7 Å². The van der Waals surface area contributed by atoms with Crippen LogP contribution in [0.4, 0.5) is 17.1 Å². The van der Waals surface area contributed by atoms with Crippen molar-refractivity contribution < 1.29 is 24.0 Å². The number of ether oxygens (including phenoxy) is 2. The lowest BCUT2D eigenvalue weighted by Gasteiger charge is -2.29. The predicted octanol–water partition coefficient (Wildman–Crippen LogP) is 2.28. The van der Waals surface area contributed by atoms with Gasteiger partial charge in [-0.15, -0.1) is 0 Å². The Morgan fingerprint density at radius 3 is 2.81 bits per heavy atom. The zero-order valence-corrected chi connectivity index (χ0v) is 14.7. The van der Waals surface area contributed by atoms with Crippen molar-refractivity contribution in [3.8, 4) is 11.5 Å². The van der Waals surface area contributed by atoms with Crippen molar-refractivity contribution in [3.05, 3.63) is 52.1 Å². The molecule has 0 fully saturated rings.